The highest BCUT2D eigenvalue weighted by molar-refractivity contribution is 5.62. The minimum atomic E-state index is -5.13. The largest absolute Gasteiger partial charge is 0.573 e. The van der Waals surface area contributed by atoms with Crippen molar-refractivity contribution in [3.8, 4) is 5.75 Å². The second-order valence-electron chi connectivity index (χ2n) is 3.10. The zero-order valence-electron chi connectivity index (χ0n) is 8.16. The van der Waals surface area contributed by atoms with Gasteiger partial charge in [0, 0.05) is 0 Å². The Kier molecular flexibility index (Phi) is 3.21. The maximum atomic E-state index is 13.1. The average molecular weight is 238 g/mol. The van der Waals surface area contributed by atoms with E-state index in [2.05, 4.69) is 11.3 Å². The third-order valence-corrected chi connectivity index (χ3v) is 1.71. The van der Waals surface area contributed by atoms with Crippen LogP contribution in [0.4, 0.5) is 22.0 Å². The van der Waals surface area contributed by atoms with Crippen LogP contribution >= 0.6 is 0 Å². The van der Waals surface area contributed by atoms with E-state index in [9.17, 15) is 22.0 Å². The van der Waals surface area contributed by atoms with E-state index in [1.165, 1.54) is 6.92 Å². The number of allylic oxidation sites excluding steroid dienone is 1. The van der Waals surface area contributed by atoms with Gasteiger partial charge < -0.3 is 4.74 Å². The van der Waals surface area contributed by atoms with Gasteiger partial charge in [-0.15, -0.1) is 13.2 Å². The third-order valence-electron chi connectivity index (χ3n) is 1.71. The van der Waals surface area contributed by atoms with Crippen LogP contribution in [0.15, 0.2) is 18.7 Å². The highest BCUT2D eigenvalue weighted by Crippen LogP contribution is 2.30. The summed E-state index contributed by atoms with van der Waals surface area (Å²) in [6.45, 7) is 4.89. The number of hydrogen-bond donors (Lipinski definition) is 0. The van der Waals surface area contributed by atoms with E-state index in [0.717, 1.165) is 12.1 Å². The van der Waals surface area contributed by atoms with Crippen molar-refractivity contribution < 1.29 is 26.7 Å². The Morgan fingerprint density at radius 3 is 1.94 bits per heavy atom. The molecule has 0 N–H and O–H groups in total. The topological polar surface area (TPSA) is 9.23 Å². The van der Waals surface area contributed by atoms with Crippen molar-refractivity contribution in [1.29, 1.82) is 0 Å². The van der Waals surface area contributed by atoms with E-state index in [1.54, 1.807) is 0 Å². The first-order valence-electron chi connectivity index (χ1n) is 4.11. The molecule has 0 saturated carbocycles. The molecule has 1 aromatic carbocycles. The molecule has 88 valence electrons. The van der Waals surface area contributed by atoms with Gasteiger partial charge in [0.05, 0.1) is 0 Å². The van der Waals surface area contributed by atoms with Gasteiger partial charge in [0.25, 0.3) is 0 Å². The zero-order chi connectivity index (χ0) is 12.5. The summed E-state index contributed by atoms with van der Waals surface area (Å²) in [6.07, 6.45) is -5.13. The van der Waals surface area contributed by atoms with E-state index in [4.69, 9.17) is 0 Å². The van der Waals surface area contributed by atoms with Gasteiger partial charge in [0.1, 0.15) is 0 Å². The van der Waals surface area contributed by atoms with E-state index >= 15 is 0 Å². The van der Waals surface area contributed by atoms with Crippen LogP contribution in [0.1, 0.15) is 12.5 Å². The van der Waals surface area contributed by atoms with Crippen LogP contribution in [0.25, 0.3) is 5.57 Å². The summed E-state index contributed by atoms with van der Waals surface area (Å²) < 4.78 is 64.8. The van der Waals surface area contributed by atoms with Gasteiger partial charge in [-0.3, -0.25) is 0 Å². The van der Waals surface area contributed by atoms with Crippen LogP contribution in [0.3, 0.4) is 0 Å². The lowest BCUT2D eigenvalue weighted by molar-refractivity contribution is -0.276. The molecule has 0 aliphatic carbocycles. The predicted octanol–water partition coefficient (Wildman–Crippen LogP) is 3.90. The lowest BCUT2D eigenvalue weighted by Gasteiger charge is -2.11. The summed E-state index contributed by atoms with van der Waals surface area (Å²) in [5.41, 5.74) is 0.404. The molecule has 0 spiro atoms. The molecule has 0 fully saturated rings. The summed E-state index contributed by atoms with van der Waals surface area (Å²) in [7, 11) is 0. The van der Waals surface area contributed by atoms with Gasteiger partial charge in [-0.1, -0.05) is 12.2 Å². The standard InChI is InChI=1S/C10H7F5O/c1-5(2)6-3-7(11)9(8(12)4-6)16-10(13,14)15/h3-4H,1H2,2H3. The van der Waals surface area contributed by atoms with Crippen LogP contribution in [0.5, 0.6) is 5.75 Å². The van der Waals surface area contributed by atoms with Gasteiger partial charge in [-0.2, -0.15) is 0 Å². The summed E-state index contributed by atoms with van der Waals surface area (Å²) in [5, 5.41) is 0. The molecule has 0 saturated heterocycles. The molecule has 1 rings (SSSR count). The highest BCUT2D eigenvalue weighted by Gasteiger charge is 2.34. The molecule has 0 aromatic heterocycles. The fraction of sp³-hybridized carbons (Fsp3) is 0.200. The second-order valence-corrected chi connectivity index (χ2v) is 3.10. The summed E-state index contributed by atoms with van der Waals surface area (Å²) >= 11 is 0. The Morgan fingerprint density at radius 1 is 1.19 bits per heavy atom. The smallest absolute Gasteiger partial charge is 0.399 e. The van der Waals surface area contributed by atoms with Crippen LogP contribution in [0, 0.1) is 11.6 Å². The van der Waals surface area contributed by atoms with Crippen molar-refractivity contribution in [1.82, 2.24) is 0 Å². The van der Waals surface area contributed by atoms with Gasteiger partial charge in [-0.25, -0.2) is 8.78 Å². The molecule has 0 aliphatic heterocycles. The van der Waals surface area contributed by atoms with Gasteiger partial charge in [0.15, 0.2) is 11.6 Å². The molecule has 0 unspecified atom stereocenters. The number of alkyl halides is 3. The molecule has 0 aliphatic rings. The normalized spacial score (nSPS) is 11.4. The molecular weight excluding hydrogens is 231 g/mol. The van der Waals surface area contributed by atoms with Crippen molar-refractivity contribution in [2.45, 2.75) is 13.3 Å². The first-order chi connectivity index (χ1) is 7.20. The predicted molar refractivity (Wildman–Crippen MR) is 47.7 cm³/mol. The van der Waals surface area contributed by atoms with Gasteiger partial charge in [-0.05, 0) is 24.6 Å². The van der Waals surface area contributed by atoms with Crippen LogP contribution in [-0.4, -0.2) is 6.36 Å². The maximum absolute atomic E-state index is 13.1. The lowest BCUT2D eigenvalue weighted by Crippen LogP contribution is -2.19. The Morgan fingerprint density at radius 2 is 1.62 bits per heavy atom. The van der Waals surface area contributed by atoms with Gasteiger partial charge in [0.2, 0.25) is 5.75 Å². The molecular formula is C10H7F5O. The first-order valence-corrected chi connectivity index (χ1v) is 4.11. The zero-order valence-corrected chi connectivity index (χ0v) is 8.16. The quantitative estimate of drug-likeness (QED) is 0.710. The van der Waals surface area contributed by atoms with Crippen molar-refractivity contribution in [3.63, 3.8) is 0 Å². The van der Waals surface area contributed by atoms with Crippen LogP contribution in [0.2, 0.25) is 0 Å². The number of hydrogen-bond acceptors (Lipinski definition) is 1. The first kappa shape index (κ1) is 12.5. The lowest BCUT2D eigenvalue weighted by atomic mass is 10.1. The molecule has 1 aromatic rings. The molecule has 16 heavy (non-hydrogen) atoms. The summed E-state index contributed by atoms with van der Waals surface area (Å²) in [4.78, 5) is 0. The van der Waals surface area contributed by atoms with Crippen LogP contribution < -0.4 is 4.74 Å². The number of ether oxygens (including phenoxy) is 1. The minimum Gasteiger partial charge on any atom is -0.399 e. The minimum absolute atomic E-state index is 0.0736. The number of halogens is 5. The summed E-state index contributed by atoms with van der Waals surface area (Å²) in [5.74, 6) is -4.30. The number of rotatable bonds is 2. The Bertz CT molecular complexity index is 399. The van der Waals surface area contributed by atoms with Gasteiger partial charge >= 0.3 is 6.36 Å². The molecule has 6 heteroatoms. The summed E-state index contributed by atoms with van der Waals surface area (Å²) in [6, 6.07) is 1.46. The van der Waals surface area contributed by atoms with Crippen molar-refractivity contribution >= 4 is 5.57 Å². The fourth-order valence-electron chi connectivity index (χ4n) is 1.02. The van der Waals surface area contributed by atoms with Crippen molar-refractivity contribution in [3.05, 3.63) is 35.9 Å². The van der Waals surface area contributed by atoms with Crippen molar-refractivity contribution in [2.24, 2.45) is 0 Å². The molecule has 0 heterocycles. The molecule has 0 atom stereocenters. The van der Waals surface area contributed by atoms with Crippen LogP contribution in [-0.2, 0) is 0 Å². The van der Waals surface area contributed by atoms with E-state index in [-0.39, 0.29) is 5.56 Å². The molecule has 0 amide bonds. The fourth-order valence-corrected chi connectivity index (χ4v) is 1.02. The van der Waals surface area contributed by atoms with Crippen molar-refractivity contribution in [2.75, 3.05) is 0 Å². The average Bonchev–Trinajstić information content (AvgIpc) is 2.09. The molecule has 0 radical (unpaired) electrons. The maximum Gasteiger partial charge on any atom is 0.573 e. The second kappa shape index (κ2) is 4.11. The SMILES string of the molecule is C=C(C)c1cc(F)c(OC(F)(F)F)c(F)c1. The van der Waals surface area contributed by atoms with E-state index in [1.807, 2.05) is 0 Å². The van der Waals surface area contributed by atoms with E-state index < -0.39 is 23.7 Å². The van der Waals surface area contributed by atoms with E-state index in [0.29, 0.717) is 5.57 Å². The number of benzene rings is 1. The Balaban J connectivity index is 3.18. The Labute approximate surface area is 88.1 Å². The highest BCUT2D eigenvalue weighted by atomic mass is 19.4. The molecule has 1 nitrogen and oxygen atoms in total. The third kappa shape index (κ3) is 2.95. The molecule has 0 bridgehead atoms. The monoisotopic (exact) mass is 238 g/mol. The Hall–Kier alpha value is -1.59.